The van der Waals surface area contributed by atoms with E-state index >= 15 is 0 Å². The molecule has 4 N–H and O–H groups in total. The van der Waals surface area contributed by atoms with Gasteiger partial charge in [0.25, 0.3) is 11.8 Å². The number of methoxy groups -OCH3 is 2. The van der Waals surface area contributed by atoms with E-state index in [2.05, 4.69) is 25.9 Å². The van der Waals surface area contributed by atoms with Crippen LogP contribution in [0.5, 0.6) is 5.75 Å². The Bertz CT molecular complexity index is 1830. The van der Waals surface area contributed by atoms with Crippen molar-refractivity contribution in [3.63, 3.8) is 0 Å². The molecule has 0 saturated heterocycles. The molecule has 0 radical (unpaired) electrons. The molecule has 1 aromatic heterocycles. The van der Waals surface area contributed by atoms with Crippen LogP contribution in [-0.4, -0.2) is 79.3 Å². The number of benzene rings is 3. The number of aromatic nitrogens is 1. The van der Waals surface area contributed by atoms with Crippen LogP contribution in [0.2, 0.25) is 0 Å². The van der Waals surface area contributed by atoms with Crippen LogP contribution in [0.1, 0.15) is 61.1 Å². The molecule has 1 aliphatic heterocycles. The minimum absolute atomic E-state index is 0.0332. The Kier molecular flexibility index (Phi) is 12.3. The lowest BCUT2D eigenvalue weighted by atomic mass is 9.99. The van der Waals surface area contributed by atoms with Crippen molar-refractivity contribution in [2.45, 2.75) is 51.0 Å². The van der Waals surface area contributed by atoms with Gasteiger partial charge in [0.05, 0.1) is 32.4 Å². The van der Waals surface area contributed by atoms with Crippen LogP contribution in [0.25, 0.3) is 0 Å². The van der Waals surface area contributed by atoms with Gasteiger partial charge in [-0.25, -0.2) is 14.8 Å². The van der Waals surface area contributed by atoms with E-state index in [0.717, 1.165) is 27.6 Å². The number of hydrogen-bond donors (Lipinski definition) is 4. The predicted octanol–water partition coefficient (Wildman–Crippen LogP) is 3.76. The van der Waals surface area contributed by atoms with Crippen LogP contribution < -0.4 is 20.7 Å². The van der Waals surface area contributed by atoms with E-state index < -0.39 is 36.0 Å². The van der Waals surface area contributed by atoms with Gasteiger partial charge in [-0.2, -0.15) is 0 Å². The van der Waals surface area contributed by atoms with Gasteiger partial charge in [0.1, 0.15) is 17.4 Å². The third kappa shape index (κ3) is 9.53. The molecule has 2 amide bonds. The Labute approximate surface area is 294 Å². The minimum Gasteiger partial charge on any atom is -0.497 e. The largest absolute Gasteiger partial charge is 0.497 e. The number of nitrogens with one attached hydrogen (secondary N) is 3. The average Bonchev–Trinajstić information content (AvgIpc) is 3.81. The first kappa shape index (κ1) is 36.2. The second-order valence-corrected chi connectivity index (χ2v) is 12.8. The lowest BCUT2D eigenvalue weighted by Crippen LogP contribution is -2.48. The molecule has 0 saturated carbocycles. The number of aliphatic hydroxyl groups excluding tert-OH is 1. The molecule has 13 heteroatoms. The molecule has 3 aromatic carbocycles. The van der Waals surface area contributed by atoms with E-state index in [1.807, 2.05) is 73.8 Å². The molecular formula is C37H41N5O7S. The molecule has 262 valence electrons. The monoisotopic (exact) mass is 699 g/mol. The van der Waals surface area contributed by atoms with Crippen molar-refractivity contribution in [2.24, 2.45) is 4.99 Å². The zero-order valence-corrected chi connectivity index (χ0v) is 29.2. The highest BCUT2D eigenvalue weighted by molar-refractivity contribution is 7.09. The number of carbonyl (C=O) groups is 3. The van der Waals surface area contributed by atoms with Gasteiger partial charge in [-0.05, 0) is 61.7 Å². The second kappa shape index (κ2) is 17.0. The van der Waals surface area contributed by atoms with Gasteiger partial charge >= 0.3 is 5.97 Å². The van der Waals surface area contributed by atoms with E-state index in [4.69, 9.17) is 14.2 Å². The van der Waals surface area contributed by atoms with E-state index in [0.29, 0.717) is 18.5 Å². The van der Waals surface area contributed by atoms with Gasteiger partial charge in [-0.1, -0.05) is 42.5 Å². The standard InChI is InChI=1S/C37H41N5O7S/c1-22-21-50-36(39-22)23(2)40-33(44)26-15-27(17-28(16-26)35-42-31(20-49-35)37(46)48-4)34(45)41-30(14-24-9-6-5-7-10-24)32(43)19-38-18-25-11-8-12-29(13-25)47-3/h5-13,15-17,21,23,30-32,38,43H,14,18-20H2,1-4H3,(H,40,44)(H,41,45)/t23-,30-,31-,32-/m0/s1. The highest BCUT2D eigenvalue weighted by Crippen LogP contribution is 2.21. The molecule has 50 heavy (non-hydrogen) atoms. The highest BCUT2D eigenvalue weighted by Gasteiger charge is 2.29. The van der Waals surface area contributed by atoms with Gasteiger partial charge in [0.2, 0.25) is 5.90 Å². The number of aliphatic imine (C=N–C) groups is 1. The van der Waals surface area contributed by atoms with E-state index in [9.17, 15) is 19.5 Å². The highest BCUT2D eigenvalue weighted by atomic mass is 32.1. The summed E-state index contributed by atoms with van der Waals surface area (Å²) in [6.07, 6.45) is -0.620. The van der Waals surface area contributed by atoms with E-state index in [-0.39, 0.29) is 36.2 Å². The van der Waals surface area contributed by atoms with Crippen LogP contribution in [0.4, 0.5) is 0 Å². The molecule has 2 heterocycles. The lowest BCUT2D eigenvalue weighted by Gasteiger charge is -2.25. The van der Waals surface area contributed by atoms with Gasteiger partial charge in [0.15, 0.2) is 6.04 Å². The average molecular weight is 700 g/mol. The molecule has 5 rings (SSSR count). The maximum atomic E-state index is 14.0. The Morgan fingerprint density at radius 2 is 1.70 bits per heavy atom. The molecule has 0 aliphatic carbocycles. The first-order valence-electron chi connectivity index (χ1n) is 16.2. The second-order valence-electron chi connectivity index (χ2n) is 11.9. The number of amides is 2. The number of nitrogens with zero attached hydrogens (tertiary/aromatic N) is 2. The zero-order valence-electron chi connectivity index (χ0n) is 28.3. The molecular weight excluding hydrogens is 659 g/mol. The summed E-state index contributed by atoms with van der Waals surface area (Å²) in [5.74, 6) is -0.670. The number of hydrogen-bond acceptors (Lipinski definition) is 11. The van der Waals surface area contributed by atoms with Gasteiger partial charge < -0.3 is 35.3 Å². The molecule has 0 unspecified atom stereocenters. The van der Waals surface area contributed by atoms with Crippen LogP contribution in [0.3, 0.4) is 0 Å². The predicted molar refractivity (Wildman–Crippen MR) is 190 cm³/mol. The zero-order chi connectivity index (χ0) is 35.6. The normalized spacial score (nSPS) is 15.6. The van der Waals surface area contributed by atoms with Crippen LogP contribution in [0.15, 0.2) is 83.2 Å². The van der Waals surface area contributed by atoms with Crippen molar-refractivity contribution >= 4 is 35.0 Å². The molecule has 0 fully saturated rings. The fraction of sp³-hybridized carbons (Fsp3) is 0.324. The van der Waals surface area contributed by atoms with Crippen LogP contribution >= 0.6 is 11.3 Å². The summed E-state index contributed by atoms with van der Waals surface area (Å²) in [6, 6.07) is 19.8. The van der Waals surface area contributed by atoms with Crippen LogP contribution in [0, 0.1) is 6.92 Å². The number of rotatable bonds is 15. The Balaban J connectivity index is 1.39. The minimum atomic E-state index is -0.971. The van der Waals surface area contributed by atoms with Gasteiger partial charge in [-0.3, -0.25) is 9.59 Å². The Morgan fingerprint density at radius 3 is 2.38 bits per heavy atom. The van der Waals surface area contributed by atoms with Crippen molar-refractivity contribution in [3.05, 3.63) is 117 Å². The molecule has 4 aromatic rings. The smallest absolute Gasteiger partial charge is 0.334 e. The summed E-state index contributed by atoms with van der Waals surface area (Å²) >= 11 is 1.44. The number of carbonyl (C=O) groups excluding carboxylic acids is 3. The maximum Gasteiger partial charge on any atom is 0.334 e. The molecule has 0 spiro atoms. The molecule has 1 aliphatic rings. The number of aliphatic hydroxyl groups is 1. The Morgan fingerprint density at radius 1 is 0.980 bits per heavy atom. The summed E-state index contributed by atoms with van der Waals surface area (Å²) in [7, 11) is 2.87. The quantitative estimate of drug-likeness (QED) is 0.136. The first-order chi connectivity index (χ1) is 24.1. The lowest BCUT2D eigenvalue weighted by molar-refractivity contribution is -0.142. The fourth-order valence-electron chi connectivity index (χ4n) is 5.41. The summed E-state index contributed by atoms with van der Waals surface area (Å²) in [4.78, 5) is 48.5. The number of esters is 1. The van der Waals surface area contributed by atoms with E-state index in [1.54, 1.807) is 19.2 Å². The van der Waals surface area contributed by atoms with Crippen molar-refractivity contribution in [3.8, 4) is 5.75 Å². The summed E-state index contributed by atoms with van der Waals surface area (Å²) < 4.78 is 15.8. The summed E-state index contributed by atoms with van der Waals surface area (Å²) in [5, 5.41) is 23.2. The number of aryl methyl sites for hydroxylation is 1. The van der Waals surface area contributed by atoms with Gasteiger partial charge in [-0.15, -0.1) is 11.3 Å². The SMILES string of the molecule is COC(=O)[C@@H]1COC(c2cc(C(=O)N[C@@H](C)c3nc(C)cs3)cc(C(=O)N[C@@H](Cc3ccccc3)[C@@H](O)CNCc3cccc(OC)c3)c2)=N1. The topological polar surface area (TPSA) is 160 Å². The van der Waals surface area contributed by atoms with Gasteiger partial charge in [0, 0.05) is 40.9 Å². The van der Waals surface area contributed by atoms with Crippen molar-refractivity contribution in [1.29, 1.82) is 0 Å². The molecule has 0 bridgehead atoms. The Hall–Kier alpha value is -5.11. The molecule has 4 atom stereocenters. The van der Waals surface area contributed by atoms with Crippen molar-refractivity contribution in [2.75, 3.05) is 27.4 Å². The maximum absolute atomic E-state index is 14.0. The summed E-state index contributed by atoms with van der Waals surface area (Å²) in [5.41, 5.74) is 3.42. The van der Waals surface area contributed by atoms with Crippen LogP contribution in [-0.2, 0) is 27.2 Å². The summed E-state index contributed by atoms with van der Waals surface area (Å²) in [6.45, 7) is 4.35. The fourth-order valence-corrected chi connectivity index (χ4v) is 6.21. The molecule has 12 nitrogen and oxygen atoms in total. The van der Waals surface area contributed by atoms with E-state index in [1.165, 1.54) is 24.5 Å². The number of thiazole rings is 1. The number of ether oxygens (including phenoxy) is 3. The van der Waals surface area contributed by atoms with Crippen molar-refractivity contribution < 1.29 is 33.7 Å². The third-order valence-electron chi connectivity index (χ3n) is 8.08. The third-order valence-corrected chi connectivity index (χ3v) is 9.22. The first-order valence-corrected chi connectivity index (χ1v) is 17.0. The van der Waals surface area contributed by atoms with Crippen molar-refractivity contribution in [1.82, 2.24) is 20.9 Å².